The van der Waals surface area contributed by atoms with Crippen molar-refractivity contribution in [3.8, 4) is 11.1 Å². The quantitative estimate of drug-likeness (QED) is 0.177. The fourth-order valence-electron chi connectivity index (χ4n) is 8.49. The first kappa shape index (κ1) is 33.6. The molecule has 4 nitrogen and oxygen atoms in total. The van der Waals surface area contributed by atoms with Crippen molar-refractivity contribution in [3.63, 3.8) is 0 Å². The molecule has 0 saturated carbocycles. The number of furan rings is 1. The molecule has 1 aromatic heterocycles. The maximum absolute atomic E-state index is 7.05. The average molecular weight is 744 g/mol. The molecule has 1 atom stereocenters. The highest BCUT2D eigenvalue weighted by Crippen LogP contribution is 2.45. The topological polar surface area (TPSA) is 40.8 Å². The van der Waals surface area contributed by atoms with Crippen LogP contribution < -0.4 is 10.2 Å². The molecule has 0 saturated heterocycles. The van der Waals surface area contributed by atoms with Crippen molar-refractivity contribution in [1.82, 2.24) is 5.32 Å². The van der Waals surface area contributed by atoms with Gasteiger partial charge in [-0.25, -0.2) is 4.99 Å². The van der Waals surface area contributed by atoms with Crippen LogP contribution in [0.5, 0.6) is 0 Å². The van der Waals surface area contributed by atoms with E-state index in [4.69, 9.17) is 9.41 Å². The Morgan fingerprint density at radius 1 is 0.431 bits per heavy atom. The Morgan fingerprint density at radius 3 is 1.81 bits per heavy atom. The summed E-state index contributed by atoms with van der Waals surface area (Å²) in [6.45, 7) is 0. The summed E-state index contributed by atoms with van der Waals surface area (Å²) in [6, 6.07) is 72.7. The molecule has 0 bridgehead atoms. The van der Waals surface area contributed by atoms with Gasteiger partial charge < -0.3 is 14.6 Å². The third-order valence-electron chi connectivity index (χ3n) is 11.3. The van der Waals surface area contributed by atoms with Crippen molar-refractivity contribution in [2.75, 3.05) is 4.90 Å². The second-order valence-electron chi connectivity index (χ2n) is 14.8. The molecule has 1 aliphatic heterocycles. The van der Waals surface area contributed by atoms with Gasteiger partial charge in [-0.05, 0) is 81.4 Å². The Labute approximate surface area is 336 Å². The summed E-state index contributed by atoms with van der Waals surface area (Å²) < 4.78 is 7.05. The van der Waals surface area contributed by atoms with Crippen molar-refractivity contribution >= 4 is 72.1 Å². The third-order valence-corrected chi connectivity index (χ3v) is 11.3. The molecule has 11 rings (SSSR count). The summed E-state index contributed by atoms with van der Waals surface area (Å²) in [5.74, 6) is 0.816. The highest BCUT2D eigenvalue weighted by Gasteiger charge is 2.26. The molecule has 1 N–H and O–H groups in total. The van der Waals surface area contributed by atoms with Crippen molar-refractivity contribution in [1.29, 1.82) is 0 Å². The summed E-state index contributed by atoms with van der Waals surface area (Å²) in [6.07, 6.45) is 2.23. The van der Waals surface area contributed by atoms with Gasteiger partial charge in [-0.3, -0.25) is 0 Å². The molecular formula is C54H37N3O. The lowest BCUT2D eigenvalue weighted by Crippen LogP contribution is -2.31. The largest absolute Gasteiger partial charge is 0.455 e. The van der Waals surface area contributed by atoms with E-state index in [-0.39, 0.29) is 6.04 Å². The van der Waals surface area contributed by atoms with Gasteiger partial charge in [-0.2, -0.15) is 0 Å². The number of fused-ring (bicyclic) bond motifs is 6. The molecule has 0 fully saturated rings. The predicted octanol–water partition coefficient (Wildman–Crippen LogP) is 14.2. The SMILES string of the molecule is C1=C(c2ccccc2)N=C(c2ccccc2)NC1c1cc(N(c2ccccc2)c2ccc(-c3cccc4ccccc34)cc2)cc2c1oc1c3ccccc3ccc21. The van der Waals surface area contributed by atoms with E-state index in [1.807, 2.05) is 12.1 Å². The van der Waals surface area contributed by atoms with E-state index in [2.05, 4.69) is 210 Å². The van der Waals surface area contributed by atoms with E-state index in [1.165, 1.54) is 21.9 Å². The van der Waals surface area contributed by atoms with E-state index >= 15 is 0 Å². The molecule has 2 heterocycles. The molecule has 58 heavy (non-hydrogen) atoms. The first-order chi connectivity index (χ1) is 28.7. The number of nitrogens with zero attached hydrogens (tertiary/aromatic N) is 2. The van der Waals surface area contributed by atoms with Gasteiger partial charge in [0, 0.05) is 44.3 Å². The van der Waals surface area contributed by atoms with Gasteiger partial charge in [0.2, 0.25) is 0 Å². The van der Waals surface area contributed by atoms with E-state index in [0.717, 1.165) is 78.0 Å². The third kappa shape index (κ3) is 5.91. The average Bonchev–Trinajstić information content (AvgIpc) is 3.69. The minimum Gasteiger partial charge on any atom is -0.455 e. The molecule has 9 aromatic carbocycles. The maximum atomic E-state index is 7.05. The second kappa shape index (κ2) is 14.1. The number of anilines is 3. The number of nitrogens with one attached hydrogen (secondary N) is 1. The molecule has 1 unspecified atom stereocenters. The molecule has 4 heteroatoms. The Morgan fingerprint density at radius 2 is 1.05 bits per heavy atom. The zero-order valence-electron chi connectivity index (χ0n) is 31.6. The van der Waals surface area contributed by atoms with Crippen molar-refractivity contribution in [2.24, 2.45) is 4.99 Å². The first-order valence-corrected chi connectivity index (χ1v) is 19.7. The van der Waals surface area contributed by atoms with Gasteiger partial charge >= 0.3 is 0 Å². The van der Waals surface area contributed by atoms with E-state index < -0.39 is 0 Å². The van der Waals surface area contributed by atoms with Crippen LogP contribution in [0, 0.1) is 0 Å². The minimum absolute atomic E-state index is 0.261. The van der Waals surface area contributed by atoms with Crippen LogP contribution in [-0.2, 0) is 0 Å². The monoisotopic (exact) mass is 743 g/mol. The van der Waals surface area contributed by atoms with Crippen LogP contribution >= 0.6 is 0 Å². The van der Waals surface area contributed by atoms with Crippen LogP contribution in [0.1, 0.15) is 22.7 Å². The molecule has 274 valence electrons. The zero-order valence-corrected chi connectivity index (χ0v) is 31.6. The van der Waals surface area contributed by atoms with E-state index in [0.29, 0.717) is 0 Å². The maximum Gasteiger partial charge on any atom is 0.143 e. The standard InChI is InChI=1S/C54H37N3O/c1-4-17-39(18-5-1)50-35-51(56-54(55-50)40-19-6-2-7-20-40)49-34-43(33-48-47-32-29-37-16-11-13-25-46(37)52(47)58-53(48)49)57(41-22-8-3-9-23-41)42-30-27-38(28-31-42)45-26-14-21-36-15-10-12-24-44(36)45/h1-35,51H,(H,55,56). The van der Waals surface area contributed by atoms with Gasteiger partial charge in [0.25, 0.3) is 0 Å². The molecule has 10 aromatic rings. The number of benzene rings is 9. The summed E-state index contributed by atoms with van der Waals surface area (Å²) in [7, 11) is 0. The number of hydrogen-bond acceptors (Lipinski definition) is 4. The van der Waals surface area contributed by atoms with E-state index in [9.17, 15) is 0 Å². The van der Waals surface area contributed by atoms with Gasteiger partial charge in [-0.1, -0.05) is 164 Å². The number of para-hydroxylation sites is 1. The Balaban J connectivity index is 1.13. The Bertz CT molecular complexity index is 3180. The fraction of sp³-hybridized carbons (Fsp3) is 0.0185. The smallest absolute Gasteiger partial charge is 0.143 e. The zero-order chi connectivity index (χ0) is 38.4. The van der Waals surface area contributed by atoms with Crippen molar-refractivity contribution in [2.45, 2.75) is 6.04 Å². The highest BCUT2D eigenvalue weighted by molar-refractivity contribution is 6.16. The van der Waals surface area contributed by atoms with Crippen LogP contribution in [-0.4, -0.2) is 5.84 Å². The summed E-state index contributed by atoms with van der Waals surface area (Å²) >= 11 is 0. The molecule has 1 aliphatic rings. The predicted molar refractivity (Wildman–Crippen MR) is 242 cm³/mol. The lowest BCUT2D eigenvalue weighted by Gasteiger charge is -2.28. The summed E-state index contributed by atoms with van der Waals surface area (Å²) in [5, 5.41) is 10.7. The van der Waals surface area contributed by atoms with Crippen molar-refractivity contribution < 1.29 is 4.42 Å². The second-order valence-corrected chi connectivity index (χ2v) is 14.8. The fourth-order valence-corrected chi connectivity index (χ4v) is 8.49. The minimum atomic E-state index is -0.261. The number of rotatable bonds is 7. The molecular weight excluding hydrogens is 707 g/mol. The van der Waals surface area contributed by atoms with Crippen molar-refractivity contribution in [3.05, 3.63) is 229 Å². The van der Waals surface area contributed by atoms with Gasteiger partial charge in [0.15, 0.2) is 0 Å². The van der Waals surface area contributed by atoms with E-state index in [1.54, 1.807) is 0 Å². The van der Waals surface area contributed by atoms with Crippen LogP contribution in [0.15, 0.2) is 222 Å². The Hall–Kier alpha value is -7.69. The number of hydrogen-bond donors (Lipinski definition) is 1. The van der Waals surface area contributed by atoms with Gasteiger partial charge in [-0.15, -0.1) is 0 Å². The number of aliphatic imine (C=N–C) groups is 1. The van der Waals surface area contributed by atoms with Gasteiger partial charge in [0.1, 0.15) is 17.0 Å². The van der Waals surface area contributed by atoms with Crippen LogP contribution in [0.25, 0.3) is 60.3 Å². The van der Waals surface area contributed by atoms with Crippen LogP contribution in [0.2, 0.25) is 0 Å². The first-order valence-electron chi connectivity index (χ1n) is 19.7. The van der Waals surface area contributed by atoms with Crippen LogP contribution in [0.4, 0.5) is 17.1 Å². The number of amidine groups is 1. The summed E-state index contributed by atoms with van der Waals surface area (Å²) in [5.41, 5.74) is 11.3. The molecule has 0 aliphatic carbocycles. The Kier molecular flexibility index (Phi) is 8.18. The molecule has 0 amide bonds. The highest BCUT2D eigenvalue weighted by atomic mass is 16.3. The summed E-state index contributed by atoms with van der Waals surface area (Å²) in [4.78, 5) is 7.55. The molecule has 0 spiro atoms. The normalized spacial score (nSPS) is 14.0. The lowest BCUT2D eigenvalue weighted by atomic mass is 9.96. The van der Waals surface area contributed by atoms with Crippen LogP contribution in [0.3, 0.4) is 0 Å². The lowest BCUT2D eigenvalue weighted by molar-refractivity contribution is 0.656. The molecule has 0 radical (unpaired) electrons. The van der Waals surface area contributed by atoms with Gasteiger partial charge in [0.05, 0.1) is 11.7 Å².